The van der Waals surface area contributed by atoms with E-state index in [4.69, 9.17) is 27.9 Å². The molecule has 0 atom stereocenters. The standard InChI is InChI=1S/C13H10BrCl2NO/c1-8-2-10(15)5-11(3-8)18-7-9-4-13(16)17-6-12(9)14/h2-6H,7H2,1H3. The second-order valence-corrected chi connectivity index (χ2v) is 5.53. The molecule has 0 amide bonds. The van der Waals surface area contributed by atoms with E-state index in [0.29, 0.717) is 16.8 Å². The third-order valence-corrected chi connectivity index (χ3v) is 3.45. The monoisotopic (exact) mass is 345 g/mol. The minimum Gasteiger partial charge on any atom is -0.489 e. The normalized spacial score (nSPS) is 10.4. The first-order valence-corrected chi connectivity index (χ1v) is 6.79. The summed E-state index contributed by atoms with van der Waals surface area (Å²) in [5.74, 6) is 0.736. The van der Waals surface area contributed by atoms with Crippen LogP contribution in [-0.4, -0.2) is 4.98 Å². The maximum absolute atomic E-state index is 5.97. The van der Waals surface area contributed by atoms with Gasteiger partial charge in [0.25, 0.3) is 0 Å². The van der Waals surface area contributed by atoms with E-state index in [2.05, 4.69) is 20.9 Å². The van der Waals surface area contributed by atoms with Crippen LogP contribution in [0.4, 0.5) is 0 Å². The highest BCUT2D eigenvalue weighted by atomic mass is 79.9. The first-order valence-electron chi connectivity index (χ1n) is 5.24. The van der Waals surface area contributed by atoms with Crippen LogP contribution in [0.5, 0.6) is 5.75 Å². The average Bonchev–Trinajstić information content (AvgIpc) is 2.29. The number of halogens is 3. The molecule has 18 heavy (non-hydrogen) atoms. The highest BCUT2D eigenvalue weighted by Crippen LogP contribution is 2.24. The number of hydrogen-bond acceptors (Lipinski definition) is 2. The quantitative estimate of drug-likeness (QED) is 0.726. The lowest BCUT2D eigenvalue weighted by Gasteiger charge is -2.09. The predicted octanol–water partition coefficient (Wildman–Crippen LogP) is 5.04. The smallest absolute Gasteiger partial charge is 0.129 e. The van der Waals surface area contributed by atoms with Crippen molar-refractivity contribution in [3.63, 3.8) is 0 Å². The van der Waals surface area contributed by atoms with Gasteiger partial charge in [-0.1, -0.05) is 23.2 Å². The number of benzene rings is 1. The van der Waals surface area contributed by atoms with E-state index >= 15 is 0 Å². The summed E-state index contributed by atoms with van der Waals surface area (Å²) >= 11 is 15.2. The molecular formula is C13H10BrCl2NO. The Hall–Kier alpha value is -0.770. The van der Waals surface area contributed by atoms with Crippen LogP contribution in [0.1, 0.15) is 11.1 Å². The predicted molar refractivity (Wildman–Crippen MR) is 77.5 cm³/mol. The zero-order chi connectivity index (χ0) is 13.1. The van der Waals surface area contributed by atoms with Crippen molar-refractivity contribution >= 4 is 39.1 Å². The molecule has 0 saturated heterocycles. The van der Waals surface area contributed by atoms with Crippen LogP contribution < -0.4 is 4.74 Å². The van der Waals surface area contributed by atoms with E-state index in [1.165, 1.54) is 0 Å². The highest BCUT2D eigenvalue weighted by molar-refractivity contribution is 9.10. The first kappa shape index (κ1) is 13.7. The molecule has 1 heterocycles. The Morgan fingerprint density at radius 2 is 2.00 bits per heavy atom. The van der Waals surface area contributed by atoms with E-state index < -0.39 is 0 Å². The van der Waals surface area contributed by atoms with Crippen molar-refractivity contribution in [1.29, 1.82) is 0 Å². The molecule has 0 N–H and O–H groups in total. The Morgan fingerprint density at radius 3 is 2.72 bits per heavy atom. The van der Waals surface area contributed by atoms with E-state index in [1.54, 1.807) is 18.3 Å². The Labute approximate surface area is 124 Å². The van der Waals surface area contributed by atoms with Crippen LogP contribution >= 0.6 is 39.1 Å². The fourth-order valence-electron chi connectivity index (χ4n) is 1.51. The number of aromatic nitrogens is 1. The zero-order valence-electron chi connectivity index (χ0n) is 9.58. The molecule has 2 rings (SSSR count). The fraction of sp³-hybridized carbons (Fsp3) is 0.154. The van der Waals surface area contributed by atoms with Crippen LogP contribution in [-0.2, 0) is 6.61 Å². The molecule has 0 aliphatic heterocycles. The van der Waals surface area contributed by atoms with Gasteiger partial charge in [0.1, 0.15) is 17.5 Å². The second-order valence-electron chi connectivity index (χ2n) is 3.85. The number of pyridine rings is 1. The van der Waals surface area contributed by atoms with Gasteiger partial charge < -0.3 is 4.74 Å². The van der Waals surface area contributed by atoms with Gasteiger partial charge in [0.2, 0.25) is 0 Å². The Morgan fingerprint density at radius 1 is 1.22 bits per heavy atom. The van der Waals surface area contributed by atoms with Crippen LogP contribution in [0.15, 0.2) is 34.9 Å². The molecule has 0 bridgehead atoms. The lowest BCUT2D eigenvalue weighted by atomic mass is 10.2. The molecule has 0 spiro atoms. The maximum Gasteiger partial charge on any atom is 0.129 e. The molecule has 1 aromatic heterocycles. The molecule has 94 valence electrons. The summed E-state index contributed by atoms with van der Waals surface area (Å²) in [6.45, 7) is 2.38. The Balaban J connectivity index is 2.13. The van der Waals surface area contributed by atoms with Crippen molar-refractivity contribution < 1.29 is 4.74 Å². The Bertz CT molecular complexity index is 555. The van der Waals surface area contributed by atoms with E-state index in [9.17, 15) is 0 Å². The summed E-state index contributed by atoms with van der Waals surface area (Å²) in [7, 11) is 0. The molecule has 0 saturated carbocycles. The largest absolute Gasteiger partial charge is 0.489 e. The van der Waals surface area contributed by atoms with Crippen molar-refractivity contribution in [1.82, 2.24) is 4.98 Å². The first-order chi connectivity index (χ1) is 8.54. The second kappa shape index (κ2) is 5.91. The molecule has 0 aliphatic carbocycles. The van der Waals surface area contributed by atoms with Gasteiger partial charge in [-0.2, -0.15) is 0 Å². The molecular weight excluding hydrogens is 337 g/mol. The van der Waals surface area contributed by atoms with Gasteiger partial charge in [-0.15, -0.1) is 0 Å². The van der Waals surface area contributed by atoms with Crippen molar-refractivity contribution in [2.45, 2.75) is 13.5 Å². The summed E-state index contributed by atoms with van der Waals surface area (Å²) < 4.78 is 6.56. The van der Waals surface area contributed by atoms with Crippen molar-refractivity contribution in [3.05, 3.63) is 56.2 Å². The summed E-state index contributed by atoms with van der Waals surface area (Å²) in [5.41, 5.74) is 2.00. The van der Waals surface area contributed by atoms with Gasteiger partial charge in [0.05, 0.1) is 0 Å². The number of aryl methyl sites for hydroxylation is 1. The number of nitrogens with zero attached hydrogens (tertiary/aromatic N) is 1. The van der Waals surface area contributed by atoms with Gasteiger partial charge >= 0.3 is 0 Å². The van der Waals surface area contributed by atoms with Gasteiger partial charge in [0.15, 0.2) is 0 Å². The van der Waals surface area contributed by atoms with Crippen LogP contribution in [0.3, 0.4) is 0 Å². The van der Waals surface area contributed by atoms with Crippen molar-refractivity contribution in [3.8, 4) is 5.75 Å². The number of rotatable bonds is 3. The van der Waals surface area contributed by atoms with Crippen molar-refractivity contribution in [2.75, 3.05) is 0 Å². The van der Waals surface area contributed by atoms with Gasteiger partial charge in [-0.3, -0.25) is 0 Å². The molecule has 2 nitrogen and oxygen atoms in total. The maximum atomic E-state index is 5.97. The van der Waals surface area contributed by atoms with Gasteiger partial charge in [-0.05, 0) is 52.7 Å². The molecule has 1 aromatic carbocycles. The lowest BCUT2D eigenvalue weighted by Crippen LogP contribution is -1.97. The molecule has 2 aromatic rings. The summed E-state index contributed by atoms with van der Waals surface area (Å²) in [6.07, 6.45) is 1.66. The van der Waals surface area contributed by atoms with E-state index in [-0.39, 0.29) is 0 Å². The minimum absolute atomic E-state index is 0.405. The summed E-state index contributed by atoms with van der Waals surface area (Å²) in [5, 5.41) is 1.11. The van der Waals surface area contributed by atoms with Gasteiger partial charge in [-0.25, -0.2) is 4.98 Å². The van der Waals surface area contributed by atoms with Crippen LogP contribution in [0.25, 0.3) is 0 Å². The molecule has 0 radical (unpaired) electrons. The third-order valence-electron chi connectivity index (χ3n) is 2.31. The SMILES string of the molecule is Cc1cc(Cl)cc(OCc2cc(Cl)ncc2Br)c1. The fourth-order valence-corrected chi connectivity index (χ4v) is 2.30. The lowest BCUT2D eigenvalue weighted by molar-refractivity contribution is 0.305. The Kier molecular flexibility index (Phi) is 4.49. The molecule has 0 fully saturated rings. The van der Waals surface area contributed by atoms with Crippen LogP contribution in [0, 0.1) is 6.92 Å². The molecule has 0 unspecified atom stereocenters. The number of hydrogen-bond donors (Lipinski definition) is 0. The molecule has 0 aliphatic rings. The average molecular weight is 347 g/mol. The number of ether oxygens (including phenoxy) is 1. The highest BCUT2D eigenvalue weighted by Gasteiger charge is 2.04. The van der Waals surface area contributed by atoms with E-state index in [1.807, 2.05) is 19.1 Å². The summed E-state index contributed by atoms with van der Waals surface area (Å²) in [4.78, 5) is 3.96. The summed E-state index contributed by atoms with van der Waals surface area (Å²) in [6, 6.07) is 7.37. The van der Waals surface area contributed by atoms with E-state index in [0.717, 1.165) is 21.3 Å². The topological polar surface area (TPSA) is 22.1 Å². The van der Waals surface area contributed by atoms with Crippen molar-refractivity contribution in [2.24, 2.45) is 0 Å². The van der Waals surface area contributed by atoms with Crippen LogP contribution in [0.2, 0.25) is 10.2 Å². The molecule has 5 heteroatoms. The zero-order valence-corrected chi connectivity index (χ0v) is 12.7. The van der Waals surface area contributed by atoms with Gasteiger partial charge in [0, 0.05) is 21.3 Å². The minimum atomic E-state index is 0.405. The third kappa shape index (κ3) is 3.61.